The maximum absolute atomic E-state index is 9.66. The Bertz CT molecular complexity index is 434. The van der Waals surface area contributed by atoms with E-state index in [1.807, 2.05) is 35.9 Å². The summed E-state index contributed by atoms with van der Waals surface area (Å²) >= 11 is 0. The van der Waals surface area contributed by atoms with E-state index in [1.165, 1.54) is 0 Å². The van der Waals surface area contributed by atoms with Crippen LogP contribution in [0.1, 0.15) is 6.92 Å². The van der Waals surface area contributed by atoms with Crippen LogP contribution in [0.3, 0.4) is 0 Å². The summed E-state index contributed by atoms with van der Waals surface area (Å²) in [6.45, 7) is 2.83. The van der Waals surface area contributed by atoms with Gasteiger partial charge in [-0.25, -0.2) is 0 Å². The van der Waals surface area contributed by atoms with Gasteiger partial charge in [-0.3, -0.25) is 4.68 Å². The summed E-state index contributed by atoms with van der Waals surface area (Å²) in [6, 6.07) is 9.19. The summed E-state index contributed by atoms with van der Waals surface area (Å²) in [6.07, 6.45) is 1.74. The summed E-state index contributed by atoms with van der Waals surface area (Å²) in [5.41, 5.74) is 1.78. The van der Waals surface area contributed by atoms with Crippen LogP contribution in [0, 0.1) is 0 Å². The minimum Gasteiger partial charge on any atom is -0.507 e. The number of hydrogen-bond acceptors (Lipinski definition) is 2. The predicted octanol–water partition coefficient (Wildman–Crippen LogP) is 2.28. The van der Waals surface area contributed by atoms with Crippen molar-refractivity contribution in [2.24, 2.45) is 0 Å². The average molecular weight is 188 g/mol. The topological polar surface area (TPSA) is 38.0 Å². The van der Waals surface area contributed by atoms with Gasteiger partial charge < -0.3 is 5.11 Å². The molecule has 72 valence electrons. The highest BCUT2D eigenvalue weighted by molar-refractivity contribution is 5.66. The zero-order valence-electron chi connectivity index (χ0n) is 8.01. The minimum absolute atomic E-state index is 0.294. The summed E-state index contributed by atoms with van der Waals surface area (Å²) in [7, 11) is 0. The number of nitrogens with zero attached hydrogens (tertiary/aromatic N) is 2. The molecule has 2 rings (SSSR count). The standard InChI is InChI=1S/C11H12N2O/c1-2-13-10(7-8-12-13)9-5-3-4-6-11(9)14/h3-8,14H,2H2,1H3. The molecule has 14 heavy (non-hydrogen) atoms. The molecule has 0 aliphatic rings. The summed E-state index contributed by atoms with van der Waals surface area (Å²) in [5.74, 6) is 0.294. The maximum atomic E-state index is 9.66. The van der Waals surface area contributed by atoms with E-state index in [0.717, 1.165) is 17.8 Å². The quantitative estimate of drug-likeness (QED) is 0.785. The zero-order valence-corrected chi connectivity index (χ0v) is 8.01. The Labute approximate surface area is 82.6 Å². The van der Waals surface area contributed by atoms with Gasteiger partial charge in [0, 0.05) is 18.3 Å². The molecule has 0 radical (unpaired) electrons. The number of phenols is 1. The maximum Gasteiger partial charge on any atom is 0.124 e. The van der Waals surface area contributed by atoms with Crippen molar-refractivity contribution in [3.8, 4) is 17.0 Å². The molecular weight excluding hydrogens is 176 g/mol. The second-order valence-corrected chi connectivity index (χ2v) is 3.05. The number of aryl methyl sites for hydroxylation is 1. The van der Waals surface area contributed by atoms with Gasteiger partial charge in [0.1, 0.15) is 5.75 Å². The molecule has 3 heteroatoms. The molecule has 1 heterocycles. The van der Waals surface area contributed by atoms with Crippen LogP contribution in [0.2, 0.25) is 0 Å². The third-order valence-electron chi connectivity index (χ3n) is 2.20. The van der Waals surface area contributed by atoms with Crippen LogP contribution in [0.25, 0.3) is 11.3 Å². The number of benzene rings is 1. The van der Waals surface area contributed by atoms with E-state index in [0.29, 0.717) is 5.75 Å². The van der Waals surface area contributed by atoms with E-state index in [-0.39, 0.29) is 0 Å². The molecule has 0 fully saturated rings. The Morgan fingerprint density at radius 1 is 1.29 bits per heavy atom. The van der Waals surface area contributed by atoms with Crippen molar-refractivity contribution in [3.05, 3.63) is 36.5 Å². The number of phenolic OH excluding ortho intramolecular Hbond substituents is 1. The Morgan fingerprint density at radius 3 is 2.79 bits per heavy atom. The third kappa shape index (κ3) is 1.37. The van der Waals surface area contributed by atoms with Crippen LogP contribution >= 0.6 is 0 Å². The first-order valence-corrected chi connectivity index (χ1v) is 4.63. The molecule has 1 aromatic heterocycles. The molecule has 0 aliphatic heterocycles. The monoisotopic (exact) mass is 188 g/mol. The molecule has 0 unspecified atom stereocenters. The Hall–Kier alpha value is -1.77. The van der Waals surface area contributed by atoms with Crippen molar-refractivity contribution in [3.63, 3.8) is 0 Å². The zero-order chi connectivity index (χ0) is 9.97. The van der Waals surface area contributed by atoms with Gasteiger partial charge in [0.25, 0.3) is 0 Å². The normalized spacial score (nSPS) is 10.4. The summed E-state index contributed by atoms with van der Waals surface area (Å²) in [5, 5.41) is 13.8. The van der Waals surface area contributed by atoms with Gasteiger partial charge in [-0.1, -0.05) is 12.1 Å². The molecule has 0 atom stereocenters. The molecule has 0 amide bonds. The van der Waals surface area contributed by atoms with Gasteiger partial charge in [-0.15, -0.1) is 0 Å². The van der Waals surface area contributed by atoms with Gasteiger partial charge in [-0.2, -0.15) is 5.10 Å². The van der Waals surface area contributed by atoms with Crippen molar-refractivity contribution in [1.82, 2.24) is 9.78 Å². The minimum atomic E-state index is 0.294. The van der Waals surface area contributed by atoms with Crippen LogP contribution in [-0.2, 0) is 6.54 Å². The molecule has 0 aliphatic carbocycles. The second kappa shape index (κ2) is 3.54. The molecule has 0 saturated carbocycles. The first kappa shape index (κ1) is 8.81. The first-order valence-electron chi connectivity index (χ1n) is 4.63. The summed E-state index contributed by atoms with van der Waals surface area (Å²) < 4.78 is 1.86. The number of para-hydroxylation sites is 1. The fourth-order valence-corrected chi connectivity index (χ4v) is 1.50. The lowest BCUT2D eigenvalue weighted by atomic mass is 10.1. The van der Waals surface area contributed by atoms with Crippen molar-refractivity contribution in [2.75, 3.05) is 0 Å². The van der Waals surface area contributed by atoms with E-state index in [9.17, 15) is 5.11 Å². The highest BCUT2D eigenvalue weighted by Crippen LogP contribution is 2.27. The third-order valence-corrected chi connectivity index (χ3v) is 2.20. The van der Waals surface area contributed by atoms with Crippen LogP contribution in [-0.4, -0.2) is 14.9 Å². The largest absolute Gasteiger partial charge is 0.507 e. The molecular formula is C11H12N2O. The first-order chi connectivity index (χ1) is 6.83. The van der Waals surface area contributed by atoms with Crippen LogP contribution in [0.4, 0.5) is 0 Å². The Morgan fingerprint density at radius 2 is 2.07 bits per heavy atom. The fraction of sp³-hybridized carbons (Fsp3) is 0.182. The van der Waals surface area contributed by atoms with Crippen LogP contribution in [0.5, 0.6) is 5.75 Å². The smallest absolute Gasteiger partial charge is 0.124 e. The number of aromatic nitrogens is 2. The number of aromatic hydroxyl groups is 1. The molecule has 1 aromatic carbocycles. The highest BCUT2D eigenvalue weighted by Gasteiger charge is 2.07. The lowest BCUT2D eigenvalue weighted by Gasteiger charge is -2.06. The van der Waals surface area contributed by atoms with Crippen molar-refractivity contribution >= 4 is 0 Å². The predicted molar refractivity (Wildman–Crippen MR) is 55.0 cm³/mol. The number of hydrogen-bond donors (Lipinski definition) is 1. The van der Waals surface area contributed by atoms with E-state index in [4.69, 9.17) is 0 Å². The Kier molecular flexibility index (Phi) is 2.23. The van der Waals surface area contributed by atoms with E-state index in [1.54, 1.807) is 12.3 Å². The van der Waals surface area contributed by atoms with Crippen LogP contribution < -0.4 is 0 Å². The molecule has 3 nitrogen and oxygen atoms in total. The van der Waals surface area contributed by atoms with Gasteiger partial charge in [0.15, 0.2) is 0 Å². The lowest BCUT2D eigenvalue weighted by Crippen LogP contribution is -1.98. The van der Waals surface area contributed by atoms with E-state index < -0.39 is 0 Å². The summed E-state index contributed by atoms with van der Waals surface area (Å²) in [4.78, 5) is 0. The van der Waals surface area contributed by atoms with Gasteiger partial charge >= 0.3 is 0 Å². The molecule has 0 saturated heterocycles. The second-order valence-electron chi connectivity index (χ2n) is 3.05. The van der Waals surface area contributed by atoms with Gasteiger partial charge in [0.05, 0.1) is 5.69 Å². The molecule has 2 aromatic rings. The van der Waals surface area contributed by atoms with E-state index in [2.05, 4.69) is 5.10 Å². The van der Waals surface area contributed by atoms with Crippen molar-refractivity contribution in [1.29, 1.82) is 0 Å². The Balaban J connectivity index is 2.54. The van der Waals surface area contributed by atoms with E-state index >= 15 is 0 Å². The SMILES string of the molecule is CCn1nccc1-c1ccccc1O. The van der Waals surface area contributed by atoms with Crippen molar-refractivity contribution < 1.29 is 5.11 Å². The number of rotatable bonds is 2. The highest BCUT2D eigenvalue weighted by atomic mass is 16.3. The average Bonchev–Trinajstić information content (AvgIpc) is 2.66. The van der Waals surface area contributed by atoms with Crippen molar-refractivity contribution in [2.45, 2.75) is 13.5 Å². The molecule has 0 spiro atoms. The van der Waals surface area contributed by atoms with Crippen LogP contribution in [0.15, 0.2) is 36.5 Å². The molecule has 1 N–H and O–H groups in total. The fourth-order valence-electron chi connectivity index (χ4n) is 1.50. The molecule has 0 bridgehead atoms. The van der Waals surface area contributed by atoms with Gasteiger partial charge in [-0.05, 0) is 25.1 Å². The lowest BCUT2D eigenvalue weighted by molar-refractivity contribution is 0.476. The van der Waals surface area contributed by atoms with Gasteiger partial charge in [0.2, 0.25) is 0 Å².